The van der Waals surface area contributed by atoms with Crippen molar-refractivity contribution in [2.24, 2.45) is 0 Å². The maximum atomic E-state index is 12.8. The van der Waals surface area contributed by atoms with Gasteiger partial charge in [0.25, 0.3) is 17.7 Å². The van der Waals surface area contributed by atoms with Crippen molar-refractivity contribution in [3.05, 3.63) is 75.8 Å². The van der Waals surface area contributed by atoms with Gasteiger partial charge in [-0.1, -0.05) is 55.0 Å². The number of anilines is 1. The van der Waals surface area contributed by atoms with Gasteiger partial charge in [0, 0.05) is 18.5 Å². The van der Waals surface area contributed by atoms with Crippen molar-refractivity contribution >= 4 is 34.2 Å². The predicted molar refractivity (Wildman–Crippen MR) is 118 cm³/mol. The Morgan fingerprint density at radius 1 is 1.00 bits per heavy atom. The van der Waals surface area contributed by atoms with Crippen LogP contribution >= 0.6 is 11.3 Å². The van der Waals surface area contributed by atoms with Gasteiger partial charge in [-0.05, 0) is 36.6 Å². The third kappa shape index (κ3) is 4.54. The second-order valence-corrected chi connectivity index (χ2v) is 8.38. The number of hydrogen-bond donors (Lipinski definition) is 1. The first-order valence-electron chi connectivity index (χ1n) is 10.2. The minimum absolute atomic E-state index is 0.256. The summed E-state index contributed by atoms with van der Waals surface area (Å²) in [6.45, 7) is 2.40. The number of aryl methyl sites for hydroxylation is 1. The summed E-state index contributed by atoms with van der Waals surface area (Å²) >= 11 is 1.34. The highest BCUT2D eigenvalue weighted by molar-refractivity contribution is 7.15. The van der Waals surface area contributed by atoms with E-state index in [1.807, 2.05) is 30.3 Å². The second kappa shape index (κ2) is 9.18. The summed E-state index contributed by atoms with van der Waals surface area (Å²) in [5.41, 5.74) is 1.93. The quantitative estimate of drug-likeness (QED) is 0.542. The standard InChI is InChI=1S/C23H22N4O3S/c1-2-3-9-19-25-26-23(31-19)24-20(28)16-10-11-17-18(14-16)22(30)27(21(17)29)13-12-15-7-5-4-6-8-15/h4-8,10-11,14H,2-3,9,12-13H2,1H3,(H,24,26,28). The van der Waals surface area contributed by atoms with Gasteiger partial charge in [-0.15, -0.1) is 10.2 Å². The summed E-state index contributed by atoms with van der Waals surface area (Å²) in [5, 5.41) is 12.1. The predicted octanol–water partition coefficient (Wildman–Crippen LogP) is 3.97. The van der Waals surface area contributed by atoms with E-state index in [1.165, 1.54) is 22.3 Å². The average Bonchev–Trinajstić information content (AvgIpc) is 3.33. The molecule has 0 radical (unpaired) electrons. The molecule has 2 aromatic carbocycles. The van der Waals surface area contributed by atoms with Crippen LogP contribution in [0.3, 0.4) is 0 Å². The van der Waals surface area contributed by atoms with E-state index in [2.05, 4.69) is 22.4 Å². The molecule has 0 atom stereocenters. The van der Waals surface area contributed by atoms with Crippen LogP contribution in [0.25, 0.3) is 0 Å². The Labute approximate surface area is 184 Å². The Morgan fingerprint density at radius 3 is 2.55 bits per heavy atom. The highest BCUT2D eigenvalue weighted by Crippen LogP contribution is 2.25. The van der Waals surface area contributed by atoms with Gasteiger partial charge in [-0.2, -0.15) is 0 Å². The van der Waals surface area contributed by atoms with E-state index >= 15 is 0 Å². The molecule has 2 heterocycles. The lowest BCUT2D eigenvalue weighted by Crippen LogP contribution is -2.31. The van der Waals surface area contributed by atoms with Crippen molar-refractivity contribution in [1.29, 1.82) is 0 Å². The molecule has 1 aliphatic heterocycles. The zero-order chi connectivity index (χ0) is 21.8. The van der Waals surface area contributed by atoms with Crippen LogP contribution in [0.1, 0.15) is 61.4 Å². The first-order valence-corrected chi connectivity index (χ1v) is 11.1. The van der Waals surface area contributed by atoms with Crippen LogP contribution in [0.5, 0.6) is 0 Å². The van der Waals surface area contributed by atoms with Gasteiger partial charge in [-0.25, -0.2) is 0 Å². The first-order chi connectivity index (χ1) is 15.1. The molecule has 31 heavy (non-hydrogen) atoms. The van der Waals surface area contributed by atoms with Crippen LogP contribution < -0.4 is 5.32 Å². The van der Waals surface area contributed by atoms with Gasteiger partial charge in [0.05, 0.1) is 11.1 Å². The highest BCUT2D eigenvalue weighted by atomic mass is 32.1. The van der Waals surface area contributed by atoms with E-state index in [0.29, 0.717) is 29.2 Å². The number of fused-ring (bicyclic) bond motifs is 1. The van der Waals surface area contributed by atoms with Crippen molar-refractivity contribution in [2.75, 3.05) is 11.9 Å². The van der Waals surface area contributed by atoms with Crippen LogP contribution in [-0.2, 0) is 12.8 Å². The third-order valence-corrected chi connectivity index (χ3v) is 6.03. The number of aromatic nitrogens is 2. The van der Waals surface area contributed by atoms with E-state index in [0.717, 1.165) is 29.8 Å². The maximum Gasteiger partial charge on any atom is 0.261 e. The second-order valence-electron chi connectivity index (χ2n) is 7.32. The van der Waals surface area contributed by atoms with Gasteiger partial charge >= 0.3 is 0 Å². The molecule has 0 aliphatic carbocycles. The fourth-order valence-electron chi connectivity index (χ4n) is 3.42. The number of amides is 3. The number of rotatable bonds is 8. The van der Waals surface area contributed by atoms with Gasteiger partial charge in [0.15, 0.2) is 0 Å². The maximum absolute atomic E-state index is 12.8. The zero-order valence-electron chi connectivity index (χ0n) is 17.1. The largest absolute Gasteiger partial charge is 0.296 e. The average molecular weight is 435 g/mol. The van der Waals surface area contributed by atoms with Crippen LogP contribution in [0.15, 0.2) is 48.5 Å². The Balaban J connectivity index is 1.45. The molecule has 1 aliphatic rings. The van der Waals surface area contributed by atoms with Gasteiger partial charge in [-0.3, -0.25) is 24.6 Å². The van der Waals surface area contributed by atoms with Crippen molar-refractivity contribution in [3.63, 3.8) is 0 Å². The van der Waals surface area contributed by atoms with Gasteiger partial charge in [0.2, 0.25) is 5.13 Å². The molecule has 3 aromatic rings. The summed E-state index contributed by atoms with van der Waals surface area (Å²) in [5.74, 6) is -1.08. The molecule has 0 saturated carbocycles. The molecular formula is C23H22N4O3S. The number of carbonyl (C=O) groups excluding carboxylic acids is 3. The Bertz CT molecular complexity index is 1130. The van der Waals surface area contributed by atoms with E-state index in [9.17, 15) is 14.4 Å². The first kappa shape index (κ1) is 20.9. The van der Waals surface area contributed by atoms with Crippen LogP contribution in [0.4, 0.5) is 5.13 Å². The number of imide groups is 1. The fourth-order valence-corrected chi connectivity index (χ4v) is 4.20. The number of nitrogens with zero attached hydrogens (tertiary/aromatic N) is 3. The van der Waals surface area contributed by atoms with Crippen molar-refractivity contribution in [1.82, 2.24) is 15.1 Å². The molecule has 8 heteroatoms. The molecule has 0 bridgehead atoms. The lowest BCUT2D eigenvalue weighted by Gasteiger charge is -2.13. The monoisotopic (exact) mass is 434 g/mol. The summed E-state index contributed by atoms with van der Waals surface area (Å²) in [7, 11) is 0. The van der Waals surface area contributed by atoms with Crippen molar-refractivity contribution in [2.45, 2.75) is 32.6 Å². The summed E-state index contributed by atoms with van der Waals surface area (Å²) < 4.78 is 0. The normalized spacial score (nSPS) is 12.9. The molecule has 7 nitrogen and oxygen atoms in total. The minimum Gasteiger partial charge on any atom is -0.296 e. The number of carbonyl (C=O) groups is 3. The zero-order valence-corrected chi connectivity index (χ0v) is 17.9. The fraction of sp³-hybridized carbons (Fsp3) is 0.261. The lowest BCUT2D eigenvalue weighted by molar-refractivity contribution is 0.0656. The summed E-state index contributed by atoms with van der Waals surface area (Å²) in [6.07, 6.45) is 3.49. The number of unbranched alkanes of at least 4 members (excludes halogenated alkanes) is 1. The molecule has 3 amide bonds. The summed E-state index contributed by atoms with van der Waals surface area (Å²) in [6, 6.07) is 14.3. The third-order valence-electron chi connectivity index (χ3n) is 5.13. The highest BCUT2D eigenvalue weighted by Gasteiger charge is 2.35. The molecule has 1 aromatic heterocycles. The molecule has 4 rings (SSSR count). The number of hydrogen-bond acceptors (Lipinski definition) is 6. The Hall–Kier alpha value is -3.39. The Kier molecular flexibility index (Phi) is 6.18. The molecule has 1 N–H and O–H groups in total. The molecule has 0 saturated heterocycles. The SMILES string of the molecule is CCCCc1nnc(NC(=O)c2ccc3c(c2)C(=O)N(CCc2ccccc2)C3=O)s1. The topological polar surface area (TPSA) is 92.3 Å². The molecule has 0 fully saturated rings. The van der Waals surface area contributed by atoms with Gasteiger partial charge in [0.1, 0.15) is 5.01 Å². The van der Waals surface area contributed by atoms with Crippen LogP contribution in [-0.4, -0.2) is 39.4 Å². The van der Waals surface area contributed by atoms with Crippen molar-refractivity contribution in [3.8, 4) is 0 Å². The van der Waals surface area contributed by atoms with Crippen molar-refractivity contribution < 1.29 is 14.4 Å². The van der Waals surface area contributed by atoms with E-state index in [4.69, 9.17) is 0 Å². The van der Waals surface area contributed by atoms with E-state index in [1.54, 1.807) is 12.1 Å². The van der Waals surface area contributed by atoms with Crippen LogP contribution in [0, 0.1) is 0 Å². The number of nitrogens with one attached hydrogen (secondary N) is 1. The molecule has 0 unspecified atom stereocenters. The smallest absolute Gasteiger partial charge is 0.261 e. The van der Waals surface area contributed by atoms with Gasteiger partial charge < -0.3 is 0 Å². The number of benzene rings is 2. The molecular weight excluding hydrogens is 412 g/mol. The molecule has 158 valence electrons. The Morgan fingerprint density at radius 2 is 1.77 bits per heavy atom. The lowest BCUT2D eigenvalue weighted by atomic mass is 10.1. The van der Waals surface area contributed by atoms with E-state index in [-0.39, 0.29) is 23.3 Å². The summed E-state index contributed by atoms with van der Waals surface area (Å²) in [4.78, 5) is 39.4. The molecule has 0 spiro atoms. The minimum atomic E-state index is -0.385. The van der Waals surface area contributed by atoms with E-state index < -0.39 is 0 Å². The van der Waals surface area contributed by atoms with Crippen LogP contribution in [0.2, 0.25) is 0 Å².